The van der Waals surface area contributed by atoms with Crippen LogP contribution in [0.25, 0.3) is 21.5 Å². The number of hydrogen-bond donors (Lipinski definition) is 0. The number of carbonyl (C=O) groups is 1. The molecule has 4 atom stereocenters. The van der Waals surface area contributed by atoms with Crippen LogP contribution in [0.2, 0.25) is 0 Å². The average Bonchev–Trinajstić information content (AvgIpc) is 3.11. The summed E-state index contributed by atoms with van der Waals surface area (Å²) < 4.78 is 0. The number of carbonyl (C=O) groups excluding carboxylic acids is 1. The highest BCUT2D eigenvalue weighted by molar-refractivity contribution is 6.07. The molecular weight excluding hydrogens is 378 g/mol. The van der Waals surface area contributed by atoms with Crippen molar-refractivity contribution in [2.24, 2.45) is 11.8 Å². The Morgan fingerprint density at radius 2 is 1.45 bits per heavy atom. The van der Waals surface area contributed by atoms with Gasteiger partial charge in [0, 0.05) is 17.3 Å². The second-order valence-electron chi connectivity index (χ2n) is 9.55. The summed E-state index contributed by atoms with van der Waals surface area (Å²) in [6, 6.07) is 28.6. The fourth-order valence-corrected chi connectivity index (χ4v) is 7.01. The van der Waals surface area contributed by atoms with Gasteiger partial charge in [-0.1, -0.05) is 79.2 Å². The molecule has 2 heteroatoms. The number of benzene rings is 4. The van der Waals surface area contributed by atoms with E-state index in [2.05, 4.69) is 83.8 Å². The zero-order chi connectivity index (χ0) is 20.5. The van der Waals surface area contributed by atoms with Crippen LogP contribution in [0.5, 0.6) is 0 Å². The van der Waals surface area contributed by atoms with Gasteiger partial charge >= 0.3 is 0 Å². The van der Waals surface area contributed by atoms with E-state index in [1.807, 2.05) is 0 Å². The standard InChI is InChI=1S/C29H25NO/c31-29-25-17-24-20-10-3-1-8-19(20)15-16-22(24)23-12-6-14-27(28(23)25)30(29)26-13-5-9-18-7-2-4-11-21(18)26/h1-5,7-11,13,15-16,23,25,27-28H,6,12,14,17H2. The van der Waals surface area contributed by atoms with Gasteiger partial charge in [-0.2, -0.15) is 0 Å². The Labute approximate surface area is 182 Å². The molecule has 0 N–H and O–H groups in total. The number of rotatable bonds is 1. The molecule has 2 nitrogen and oxygen atoms in total. The lowest BCUT2D eigenvalue weighted by Gasteiger charge is -2.42. The van der Waals surface area contributed by atoms with Crippen LogP contribution in [0, 0.1) is 11.8 Å². The molecule has 4 aromatic carbocycles. The van der Waals surface area contributed by atoms with E-state index in [0.717, 1.165) is 18.5 Å². The molecular formula is C29H25NO. The zero-order valence-corrected chi connectivity index (χ0v) is 17.5. The van der Waals surface area contributed by atoms with Gasteiger partial charge in [0.15, 0.2) is 0 Å². The largest absolute Gasteiger partial charge is 0.308 e. The van der Waals surface area contributed by atoms with E-state index in [1.54, 1.807) is 0 Å². The first-order chi connectivity index (χ1) is 15.3. The summed E-state index contributed by atoms with van der Waals surface area (Å²) >= 11 is 0. The number of anilines is 1. The van der Waals surface area contributed by atoms with E-state index < -0.39 is 0 Å². The van der Waals surface area contributed by atoms with Crippen LogP contribution in [0.4, 0.5) is 5.69 Å². The number of hydrogen-bond acceptors (Lipinski definition) is 1. The molecule has 2 aliphatic carbocycles. The van der Waals surface area contributed by atoms with Crippen molar-refractivity contribution in [1.29, 1.82) is 0 Å². The minimum Gasteiger partial charge on any atom is -0.308 e. The lowest BCUT2D eigenvalue weighted by atomic mass is 9.62. The molecule has 1 aliphatic heterocycles. The number of amides is 1. The molecule has 7 rings (SSSR count). The van der Waals surface area contributed by atoms with Crippen molar-refractivity contribution < 1.29 is 4.79 Å². The Kier molecular flexibility index (Phi) is 3.64. The predicted octanol–water partition coefficient (Wildman–Crippen LogP) is 6.46. The summed E-state index contributed by atoms with van der Waals surface area (Å²) in [7, 11) is 0. The lowest BCUT2D eigenvalue weighted by molar-refractivity contribution is -0.121. The van der Waals surface area contributed by atoms with Crippen molar-refractivity contribution >= 4 is 33.1 Å². The van der Waals surface area contributed by atoms with E-state index >= 15 is 0 Å². The predicted molar refractivity (Wildman–Crippen MR) is 126 cm³/mol. The normalized spacial score (nSPS) is 26.8. The van der Waals surface area contributed by atoms with Crippen molar-refractivity contribution in [3.63, 3.8) is 0 Å². The van der Waals surface area contributed by atoms with Crippen LogP contribution >= 0.6 is 0 Å². The van der Waals surface area contributed by atoms with E-state index in [-0.39, 0.29) is 5.92 Å². The SMILES string of the molecule is O=C1C2Cc3c(ccc4ccccc34)C3CCCC(C23)N1c1cccc2ccccc12. The van der Waals surface area contributed by atoms with Crippen molar-refractivity contribution in [3.8, 4) is 0 Å². The molecule has 31 heavy (non-hydrogen) atoms. The van der Waals surface area contributed by atoms with E-state index in [1.165, 1.54) is 45.5 Å². The Morgan fingerprint density at radius 1 is 0.710 bits per heavy atom. The first-order valence-electron chi connectivity index (χ1n) is 11.6. The van der Waals surface area contributed by atoms with Gasteiger partial charge in [-0.25, -0.2) is 0 Å². The molecule has 2 fully saturated rings. The first kappa shape index (κ1) is 17.5. The van der Waals surface area contributed by atoms with Crippen LogP contribution in [-0.2, 0) is 11.2 Å². The maximum atomic E-state index is 14.0. The van der Waals surface area contributed by atoms with Crippen molar-refractivity contribution in [2.75, 3.05) is 4.90 Å². The van der Waals surface area contributed by atoms with Gasteiger partial charge in [-0.15, -0.1) is 0 Å². The fraction of sp³-hybridized carbons (Fsp3) is 0.276. The van der Waals surface area contributed by atoms with Gasteiger partial charge in [-0.05, 0) is 64.5 Å². The minimum absolute atomic E-state index is 0.104. The molecule has 152 valence electrons. The zero-order valence-electron chi connectivity index (χ0n) is 17.5. The van der Waals surface area contributed by atoms with Crippen LogP contribution in [0.3, 0.4) is 0 Å². The van der Waals surface area contributed by atoms with Crippen LogP contribution in [0.15, 0.2) is 78.9 Å². The summed E-state index contributed by atoms with van der Waals surface area (Å²) in [5, 5.41) is 5.05. The Morgan fingerprint density at radius 3 is 2.32 bits per heavy atom. The molecule has 0 radical (unpaired) electrons. The molecule has 1 heterocycles. The number of fused-ring (bicyclic) bond motifs is 5. The molecule has 4 aromatic rings. The molecule has 0 bridgehead atoms. The summed E-state index contributed by atoms with van der Waals surface area (Å²) in [4.78, 5) is 16.2. The summed E-state index contributed by atoms with van der Waals surface area (Å²) in [6.07, 6.45) is 4.41. The third-order valence-electron chi connectivity index (χ3n) is 8.20. The molecule has 0 spiro atoms. The second-order valence-corrected chi connectivity index (χ2v) is 9.55. The Bertz CT molecular complexity index is 1350. The molecule has 1 amide bonds. The maximum absolute atomic E-state index is 14.0. The molecule has 0 aromatic heterocycles. The highest BCUT2D eigenvalue weighted by atomic mass is 16.2. The van der Waals surface area contributed by atoms with E-state index in [0.29, 0.717) is 23.8 Å². The second kappa shape index (κ2) is 6.43. The maximum Gasteiger partial charge on any atom is 0.231 e. The summed E-state index contributed by atoms with van der Waals surface area (Å²) in [5.41, 5.74) is 4.05. The summed E-state index contributed by atoms with van der Waals surface area (Å²) in [5.74, 6) is 1.39. The highest BCUT2D eigenvalue weighted by Gasteiger charge is 2.55. The Hall–Kier alpha value is -3.13. The van der Waals surface area contributed by atoms with E-state index in [9.17, 15) is 4.79 Å². The van der Waals surface area contributed by atoms with E-state index in [4.69, 9.17) is 0 Å². The molecule has 3 aliphatic rings. The third kappa shape index (κ3) is 2.36. The molecule has 1 saturated carbocycles. The van der Waals surface area contributed by atoms with Gasteiger partial charge < -0.3 is 4.90 Å². The average molecular weight is 404 g/mol. The quantitative estimate of drug-likeness (QED) is 0.357. The number of nitrogens with zero attached hydrogens (tertiary/aromatic N) is 1. The lowest BCUT2D eigenvalue weighted by Crippen LogP contribution is -2.40. The van der Waals surface area contributed by atoms with Gasteiger partial charge in [0.2, 0.25) is 5.91 Å². The minimum atomic E-state index is 0.104. The topological polar surface area (TPSA) is 20.3 Å². The van der Waals surface area contributed by atoms with Gasteiger partial charge in [0.05, 0.1) is 5.69 Å². The Balaban J connectivity index is 1.40. The van der Waals surface area contributed by atoms with Gasteiger partial charge in [-0.3, -0.25) is 4.79 Å². The summed E-state index contributed by atoms with van der Waals surface area (Å²) in [6.45, 7) is 0. The highest BCUT2D eigenvalue weighted by Crippen LogP contribution is 2.55. The molecule has 1 saturated heterocycles. The first-order valence-corrected chi connectivity index (χ1v) is 11.6. The van der Waals surface area contributed by atoms with Crippen LogP contribution in [-0.4, -0.2) is 11.9 Å². The third-order valence-corrected chi connectivity index (χ3v) is 8.20. The van der Waals surface area contributed by atoms with Crippen LogP contribution in [0.1, 0.15) is 36.3 Å². The van der Waals surface area contributed by atoms with Gasteiger partial charge in [0.25, 0.3) is 0 Å². The van der Waals surface area contributed by atoms with Crippen molar-refractivity contribution in [2.45, 2.75) is 37.6 Å². The smallest absolute Gasteiger partial charge is 0.231 e. The van der Waals surface area contributed by atoms with Crippen molar-refractivity contribution in [3.05, 3.63) is 90.0 Å². The van der Waals surface area contributed by atoms with Gasteiger partial charge in [0.1, 0.15) is 0 Å². The molecule has 4 unspecified atom stereocenters. The fourth-order valence-electron chi connectivity index (χ4n) is 7.01. The monoisotopic (exact) mass is 403 g/mol. The van der Waals surface area contributed by atoms with Crippen molar-refractivity contribution in [1.82, 2.24) is 0 Å². The van der Waals surface area contributed by atoms with Crippen LogP contribution < -0.4 is 4.90 Å².